The van der Waals surface area contributed by atoms with E-state index in [1.807, 2.05) is 24.4 Å². The van der Waals surface area contributed by atoms with E-state index in [1.165, 1.54) is 36.0 Å². The van der Waals surface area contributed by atoms with Crippen molar-refractivity contribution in [2.75, 3.05) is 19.6 Å². The number of nitrogens with zero attached hydrogens (tertiary/aromatic N) is 2. The third-order valence-corrected chi connectivity index (χ3v) is 6.59. The van der Waals surface area contributed by atoms with Crippen LogP contribution in [-0.2, 0) is 0 Å². The van der Waals surface area contributed by atoms with Crippen molar-refractivity contribution in [3.05, 3.63) is 42.2 Å². The predicted octanol–water partition coefficient (Wildman–Crippen LogP) is 3.27. The number of thiophene rings is 1. The Balaban J connectivity index is 1.45. The maximum atomic E-state index is 12.7. The Morgan fingerprint density at radius 2 is 2.00 bits per heavy atom. The van der Waals surface area contributed by atoms with Gasteiger partial charge in [0.15, 0.2) is 0 Å². The summed E-state index contributed by atoms with van der Waals surface area (Å²) >= 11 is 1.73. The van der Waals surface area contributed by atoms with Gasteiger partial charge in [-0.15, -0.1) is 11.3 Å². The van der Waals surface area contributed by atoms with Crippen molar-refractivity contribution in [3.63, 3.8) is 0 Å². The number of nitrogens with one attached hydrogen (secondary N) is 1. The largest absolute Gasteiger partial charge is 0.346 e. The molecule has 3 aliphatic rings. The first-order valence-electron chi connectivity index (χ1n) is 8.58. The second kappa shape index (κ2) is 5.53. The molecule has 3 aliphatic heterocycles. The van der Waals surface area contributed by atoms with Gasteiger partial charge in [-0.3, -0.25) is 4.79 Å². The zero-order valence-corrected chi connectivity index (χ0v) is 14.2. The first kappa shape index (κ1) is 14.4. The summed E-state index contributed by atoms with van der Waals surface area (Å²) in [6, 6.07) is 10.5. The molecule has 1 aromatic carbocycles. The molecule has 5 heteroatoms. The van der Waals surface area contributed by atoms with Crippen LogP contribution in [0.5, 0.6) is 0 Å². The van der Waals surface area contributed by atoms with Gasteiger partial charge in [-0.05, 0) is 44.0 Å². The van der Waals surface area contributed by atoms with Crippen molar-refractivity contribution in [1.82, 2.24) is 15.2 Å². The van der Waals surface area contributed by atoms with Crippen LogP contribution in [0, 0.1) is 5.92 Å². The van der Waals surface area contributed by atoms with Crippen LogP contribution >= 0.6 is 11.3 Å². The van der Waals surface area contributed by atoms with Gasteiger partial charge in [0.1, 0.15) is 5.69 Å². The predicted molar refractivity (Wildman–Crippen MR) is 97.5 cm³/mol. The summed E-state index contributed by atoms with van der Waals surface area (Å²) in [5.41, 5.74) is 0.530. The van der Waals surface area contributed by atoms with Gasteiger partial charge in [-0.25, -0.2) is 4.98 Å². The standard InChI is InChI=1S/C19H19N3OS/c23-19(21-16-11-22-7-5-12(16)6-8-22)15-9-14-13-3-1-2-4-17(13)24-18(14)10-20-15/h1-4,9-10,12,16H,5-8,11H2,(H,21,23)/t16-/m1/s1. The highest BCUT2D eigenvalue weighted by molar-refractivity contribution is 7.25. The SMILES string of the molecule is O=C(N[C@@H]1CN2CCC1CC2)c1cc2c(cn1)sc1ccccc12. The van der Waals surface area contributed by atoms with E-state index in [4.69, 9.17) is 0 Å². The minimum Gasteiger partial charge on any atom is -0.346 e. The maximum Gasteiger partial charge on any atom is 0.270 e. The summed E-state index contributed by atoms with van der Waals surface area (Å²) in [6.07, 6.45) is 4.24. The molecule has 4 nitrogen and oxygen atoms in total. The number of hydrogen-bond donors (Lipinski definition) is 1. The molecule has 0 radical (unpaired) electrons. The van der Waals surface area contributed by atoms with E-state index in [1.54, 1.807) is 11.3 Å². The molecule has 122 valence electrons. The Morgan fingerprint density at radius 3 is 2.79 bits per heavy atom. The fourth-order valence-electron chi connectivity index (χ4n) is 4.13. The Morgan fingerprint density at radius 1 is 1.17 bits per heavy atom. The second-order valence-corrected chi connectivity index (χ2v) is 7.97. The van der Waals surface area contributed by atoms with Gasteiger partial charge in [0, 0.05) is 34.3 Å². The number of pyridine rings is 1. The molecule has 0 unspecified atom stereocenters. The van der Waals surface area contributed by atoms with Crippen molar-refractivity contribution >= 4 is 37.4 Å². The fourth-order valence-corrected chi connectivity index (χ4v) is 5.18. The summed E-state index contributed by atoms with van der Waals surface area (Å²) < 4.78 is 2.37. The molecule has 3 aromatic rings. The molecule has 0 saturated carbocycles. The van der Waals surface area contributed by atoms with Crippen LogP contribution < -0.4 is 5.32 Å². The molecule has 1 amide bonds. The lowest BCUT2D eigenvalue weighted by atomic mass is 9.84. The normalized spacial score (nSPS) is 26.1. The minimum atomic E-state index is -0.0362. The third-order valence-electron chi connectivity index (χ3n) is 5.47. The highest BCUT2D eigenvalue weighted by atomic mass is 32.1. The molecule has 0 aliphatic carbocycles. The van der Waals surface area contributed by atoms with Gasteiger partial charge in [0.05, 0.1) is 4.70 Å². The first-order valence-corrected chi connectivity index (χ1v) is 9.40. The molecule has 0 spiro atoms. The number of carbonyl (C=O) groups is 1. The summed E-state index contributed by atoms with van der Waals surface area (Å²) in [6.45, 7) is 3.35. The second-order valence-electron chi connectivity index (χ2n) is 6.88. The number of benzene rings is 1. The minimum absolute atomic E-state index is 0.0362. The van der Waals surface area contributed by atoms with E-state index in [0.717, 1.165) is 16.6 Å². The van der Waals surface area contributed by atoms with Gasteiger partial charge < -0.3 is 10.2 Å². The van der Waals surface area contributed by atoms with E-state index < -0.39 is 0 Å². The summed E-state index contributed by atoms with van der Waals surface area (Å²) in [5.74, 6) is 0.593. The highest BCUT2D eigenvalue weighted by Gasteiger charge is 2.35. The lowest BCUT2D eigenvalue weighted by Crippen LogP contribution is -2.57. The molecule has 1 atom stereocenters. The Hall–Kier alpha value is -1.98. The molecular weight excluding hydrogens is 318 g/mol. The van der Waals surface area contributed by atoms with Crippen LogP contribution in [0.25, 0.3) is 20.2 Å². The van der Waals surface area contributed by atoms with E-state index in [-0.39, 0.29) is 11.9 Å². The molecular formula is C19H19N3OS. The number of fused-ring (bicyclic) bond motifs is 6. The van der Waals surface area contributed by atoms with Gasteiger partial charge in [-0.2, -0.15) is 0 Å². The van der Waals surface area contributed by atoms with E-state index in [9.17, 15) is 4.79 Å². The fraction of sp³-hybridized carbons (Fsp3) is 0.368. The van der Waals surface area contributed by atoms with Crippen molar-refractivity contribution in [3.8, 4) is 0 Å². The van der Waals surface area contributed by atoms with Crippen LogP contribution in [0.15, 0.2) is 36.5 Å². The number of piperidine rings is 3. The summed E-state index contributed by atoms with van der Waals surface area (Å²) in [7, 11) is 0. The molecule has 1 N–H and O–H groups in total. The summed E-state index contributed by atoms with van der Waals surface area (Å²) in [5, 5.41) is 5.57. The molecule has 6 rings (SSSR count). The molecule has 3 fully saturated rings. The van der Waals surface area contributed by atoms with Gasteiger partial charge in [0.2, 0.25) is 0 Å². The average molecular weight is 337 g/mol. The lowest BCUT2D eigenvalue weighted by molar-refractivity contribution is 0.0618. The van der Waals surface area contributed by atoms with Crippen LogP contribution in [0.2, 0.25) is 0 Å². The van der Waals surface area contributed by atoms with Crippen molar-refractivity contribution in [2.24, 2.45) is 5.92 Å². The van der Waals surface area contributed by atoms with Crippen LogP contribution in [0.3, 0.4) is 0 Å². The quantitative estimate of drug-likeness (QED) is 0.780. The highest BCUT2D eigenvalue weighted by Crippen LogP contribution is 2.33. The van der Waals surface area contributed by atoms with Crippen LogP contribution in [-0.4, -0.2) is 41.5 Å². The maximum absolute atomic E-state index is 12.7. The Kier molecular flexibility index (Phi) is 3.31. The zero-order chi connectivity index (χ0) is 16.1. The van der Waals surface area contributed by atoms with E-state index in [0.29, 0.717) is 11.6 Å². The molecule has 24 heavy (non-hydrogen) atoms. The van der Waals surface area contributed by atoms with Crippen molar-refractivity contribution < 1.29 is 4.79 Å². The summed E-state index contributed by atoms with van der Waals surface area (Å²) in [4.78, 5) is 19.6. The van der Waals surface area contributed by atoms with Gasteiger partial charge in [-0.1, -0.05) is 18.2 Å². The van der Waals surface area contributed by atoms with Gasteiger partial charge in [0.25, 0.3) is 5.91 Å². The van der Waals surface area contributed by atoms with E-state index >= 15 is 0 Å². The van der Waals surface area contributed by atoms with E-state index in [2.05, 4.69) is 27.3 Å². The lowest BCUT2D eigenvalue weighted by Gasteiger charge is -2.44. The Bertz CT molecular complexity index is 927. The molecule has 5 heterocycles. The monoisotopic (exact) mass is 337 g/mol. The van der Waals surface area contributed by atoms with Crippen LogP contribution in [0.1, 0.15) is 23.3 Å². The number of carbonyl (C=O) groups excluding carboxylic acids is 1. The first-order chi connectivity index (χ1) is 11.8. The number of hydrogen-bond acceptors (Lipinski definition) is 4. The molecule has 2 bridgehead atoms. The number of rotatable bonds is 2. The Labute approximate surface area is 144 Å². The van der Waals surface area contributed by atoms with Crippen LogP contribution in [0.4, 0.5) is 0 Å². The topological polar surface area (TPSA) is 45.2 Å². The zero-order valence-electron chi connectivity index (χ0n) is 13.4. The third kappa shape index (κ3) is 2.31. The van der Waals surface area contributed by atoms with Crippen molar-refractivity contribution in [2.45, 2.75) is 18.9 Å². The molecule has 3 saturated heterocycles. The van der Waals surface area contributed by atoms with Gasteiger partial charge >= 0.3 is 0 Å². The smallest absolute Gasteiger partial charge is 0.270 e. The number of aromatic nitrogens is 1. The van der Waals surface area contributed by atoms with Crippen molar-refractivity contribution in [1.29, 1.82) is 0 Å². The number of amides is 1. The average Bonchev–Trinajstić information content (AvgIpc) is 3.00. The molecule has 2 aromatic heterocycles.